The summed E-state index contributed by atoms with van der Waals surface area (Å²) in [5, 5.41) is 15.1. The van der Waals surface area contributed by atoms with Crippen molar-refractivity contribution < 1.29 is 14.7 Å². The highest BCUT2D eigenvalue weighted by Crippen LogP contribution is 2.36. The molecule has 3 N–H and O–H groups in total. The third kappa shape index (κ3) is 2.30. The van der Waals surface area contributed by atoms with Crippen LogP contribution in [0.4, 0.5) is 4.79 Å². The van der Waals surface area contributed by atoms with Crippen molar-refractivity contribution in [2.24, 2.45) is 0 Å². The molecule has 0 bridgehead atoms. The molecule has 2 aromatic rings. The Morgan fingerprint density at radius 1 is 1.29 bits per heavy atom. The van der Waals surface area contributed by atoms with E-state index in [1.165, 1.54) is 18.3 Å². The number of nitrogens with zero attached hydrogens (tertiary/aromatic N) is 1. The van der Waals surface area contributed by atoms with Crippen LogP contribution in [0.3, 0.4) is 0 Å². The lowest BCUT2D eigenvalue weighted by Gasteiger charge is -2.25. The molecule has 3 rings (SSSR count). The molecule has 0 spiro atoms. The predicted molar refractivity (Wildman–Crippen MR) is 77.6 cm³/mol. The van der Waals surface area contributed by atoms with Crippen LogP contribution in [0, 0.1) is 0 Å². The molecular weight excluding hydrogens is 290 g/mol. The van der Waals surface area contributed by atoms with Gasteiger partial charge in [0, 0.05) is 11.1 Å². The molecule has 1 aliphatic rings. The van der Waals surface area contributed by atoms with Crippen molar-refractivity contribution in [3.63, 3.8) is 0 Å². The first kappa shape index (κ1) is 13.7. The van der Waals surface area contributed by atoms with E-state index in [1.54, 1.807) is 12.3 Å². The van der Waals surface area contributed by atoms with Crippen LogP contribution in [0.5, 0.6) is 0 Å². The zero-order valence-electron chi connectivity index (χ0n) is 11.2. The summed E-state index contributed by atoms with van der Waals surface area (Å²) in [4.78, 5) is 28.8. The highest BCUT2D eigenvalue weighted by molar-refractivity contribution is 7.15. The predicted octanol–water partition coefficient (Wildman–Crippen LogP) is 1.44. The van der Waals surface area contributed by atoms with Crippen molar-refractivity contribution in [3.8, 4) is 10.6 Å². The minimum Gasteiger partial charge on any atom is -0.385 e. The molecule has 0 aromatic carbocycles. The maximum atomic E-state index is 11.8. The van der Waals surface area contributed by atoms with Gasteiger partial charge in [0.05, 0.1) is 10.6 Å². The SMILES string of the molecule is CC1(C(O)c2ccc(-c3ccccn3)s2)NC(=O)NC1=O. The third-order valence-corrected chi connectivity index (χ3v) is 4.59. The number of rotatable bonds is 3. The minimum atomic E-state index is -1.36. The van der Waals surface area contributed by atoms with Gasteiger partial charge in [-0.25, -0.2) is 4.79 Å². The van der Waals surface area contributed by atoms with Gasteiger partial charge in [0.15, 0.2) is 0 Å². The van der Waals surface area contributed by atoms with Crippen molar-refractivity contribution in [2.75, 3.05) is 0 Å². The largest absolute Gasteiger partial charge is 0.385 e. The number of urea groups is 1. The molecule has 2 atom stereocenters. The Balaban J connectivity index is 1.90. The van der Waals surface area contributed by atoms with E-state index in [2.05, 4.69) is 15.6 Å². The lowest BCUT2D eigenvalue weighted by molar-refractivity contribution is -0.127. The number of aliphatic hydroxyl groups is 1. The fourth-order valence-electron chi connectivity index (χ4n) is 2.18. The van der Waals surface area contributed by atoms with Crippen LogP contribution in [-0.4, -0.2) is 27.6 Å². The number of amides is 3. The summed E-state index contributed by atoms with van der Waals surface area (Å²) < 4.78 is 0. The monoisotopic (exact) mass is 303 g/mol. The number of hydrogen-bond acceptors (Lipinski definition) is 5. The van der Waals surface area contributed by atoms with E-state index >= 15 is 0 Å². The smallest absolute Gasteiger partial charge is 0.322 e. The Labute approximate surface area is 124 Å². The highest BCUT2D eigenvalue weighted by Gasteiger charge is 2.48. The molecular formula is C14H13N3O3S. The lowest BCUT2D eigenvalue weighted by atomic mass is 9.94. The molecule has 1 saturated heterocycles. The van der Waals surface area contributed by atoms with Gasteiger partial charge in [-0.15, -0.1) is 11.3 Å². The number of carbonyl (C=O) groups excluding carboxylic acids is 2. The third-order valence-electron chi connectivity index (χ3n) is 3.43. The van der Waals surface area contributed by atoms with Crippen LogP contribution in [0.25, 0.3) is 10.6 Å². The molecule has 2 aromatic heterocycles. The summed E-state index contributed by atoms with van der Waals surface area (Å²) in [5.74, 6) is -0.534. The molecule has 0 saturated carbocycles. The molecule has 1 aliphatic heterocycles. The highest BCUT2D eigenvalue weighted by atomic mass is 32.1. The fourth-order valence-corrected chi connectivity index (χ4v) is 3.28. The van der Waals surface area contributed by atoms with Crippen molar-refractivity contribution in [1.29, 1.82) is 0 Å². The van der Waals surface area contributed by atoms with Gasteiger partial charge in [0.1, 0.15) is 11.6 Å². The van der Waals surface area contributed by atoms with Gasteiger partial charge in [-0.05, 0) is 31.2 Å². The van der Waals surface area contributed by atoms with E-state index < -0.39 is 23.6 Å². The molecule has 21 heavy (non-hydrogen) atoms. The first-order chi connectivity index (χ1) is 10.0. The summed E-state index contributed by atoms with van der Waals surface area (Å²) >= 11 is 1.34. The number of aromatic nitrogens is 1. The quantitative estimate of drug-likeness (QED) is 0.748. The topological polar surface area (TPSA) is 91.3 Å². The van der Waals surface area contributed by atoms with Crippen molar-refractivity contribution in [3.05, 3.63) is 41.4 Å². The Bertz CT molecular complexity index is 700. The molecule has 3 heterocycles. The number of hydrogen-bond donors (Lipinski definition) is 3. The van der Waals surface area contributed by atoms with Gasteiger partial charge >= 0.3 is 6.03 Å². The van der Waals surface area contributed by atoms with Gasteiger partial charge in [-0.1, -0.05) is 6.07 Å². The maximum Gasteiger partial charge on any atom is 0.322 e. The maximum absolute atomic E-state index is 11.8. The second kappa shape index (κ2) is 4.94. The fraction of sp³-hybridized carbons (Fsp3) is 0.214. The van der Waals surface area contributed by atoms with E-state index in [-0.39, 0.29) is 0 Å². The number of carbonyl (C=O) groups is 2. The molecule has 0 radical (unpaired) electrons. The zero-order chi connectivity index (χ0) is 15.0. The van der Waals surface area contributed by atoms with Crippen LogP contribution in [0.15, 0.2) is 36.5 Å². The number of thiophene rings is 1. The first-order valence-electron chi connectivity index (χ1n) is 6.33. The summed E-state index contributed by atoms with van der Waals surface area (Å²) in [5.41, 5.74) is -0.561. The van der Waals surface area contributed by atoms with Gasteiger partial charge in [0.25, 0.3) is 5.91 Å². The van der Waals surface area contributed by atoms with E-state index in [0.717, 1.165) is 10.6 Å². The molecule has 0 aliphatic carbocycles. The molecule has 1 fully saturated rings. The van der Waals surface area contributed by atoms with E-state index in [0.29, 0.717) is 4.88 Å². The van der Waals surface area contributed by atoms with Gasteiger partial charge < -0.3 is 10.4 Å². The first-order valence-corrected chi connectivity index (χ1v) is 7.15. The van der Waals surface area contributed by atoms with Crippen LogP contribution in [-0.2, 0) is 4.79 Å². The van der Waals surface area contributed by atoms with E-state index in [4.69, 9.17) is 0 Å². The summed E-state index contributed by atoms with van der Waals surface area (Å²) in [6.07, 6.45) is 0.573. The Morgan fingerprint density at radius 2 is 2.10 bits per heavy atom. The number of nitrogens with one attached hydrogen (secondary N) is 2. The average molecular weight is 303 g/mol. The molecule has 108 valence electrons. The van der Waals surface area contributed by atoms with Gasteiger partial charge in [0.2, 0.25) is 0 Å². The van der Waals surface area contributed by atoms with Crippen LogP contribution in [0.1, 0.15) is 17.9 Å². The average Bonchev–Trinajstić information content (AvgIpc) is 3.05. The molecule has 3 amide bonds. The summed E-state index contributed by atoms with van der Waals surface area (Å²) in [6, 6.07) is 8.55. The van der Waals surface area contributed by atoms with Crippen LogP contribution < -0.4 is 10.6 Å². The Kier molecular flexibility index (Phi) is 3.23. The lowest BCUT2D eigenvalue weighted by Crippen LogP contribution is -2.48. The Hall–Kier alpha value is -2.25. The van der Waals surface area contributed by atoms with Crippen LogP contribution >= 0.6 is 11.3 Å². The van der Waals surface area contributed by atoms with Gasteiger partial charge in [-0.3, -0.25) is 15.1 Å². The van der Waals surface area contributed by atoms with Crippen molar-refractivity contribution in [2.45, 2.75) is 18.6 Å². The van der Waals surface area contributed by atoms with E-state index in [1.807, 2.05) is 24.3 Å². The summed E-state index contributed by atoms with van der Waals surface area (Å²) in [6.45, 7) is 1.50. The van der Waals surface area contributed by atoms with Crippen molar-refractivity contribution >= 4 is 23.3 Å². The summed E-state index contributed by atoms with van der Waals surface area (Å²) in [7, 11) is 0. The second-order valence-electron chi connectivity index (χ2n) is 4.93. The number of pyridine rings is 1. The number of imide groups is 1. The van der Waals surface area contributed by atoms with Crippen molar-refractivity contribution in [1.82, 2.24) is 15.6 Å². The van der Waals surface area contributed by atoms with Gasteiger partial charge in [-0.2, -0.15) is 0 Å². The normalized spacial score (nSPS) is 22.8. The standard InChI is InChI=1S/C14H13N3O3S/c1-14(12(19)16-13(20)17-14)11(18)10-6-5-9(21-10)8-4-2-3-7-15-8/h2-7,11,18H,1H3,(H2,16,17,19,20). The second-order valence-corrected chi connectivity index (χ2v) is 6.05. The van der Waals surface area contributed by atoms with Crippen LogP contribution in [0.2, 0.25) is 0 Å². The molecule has 2 unspecified atom stereocenters. The molecule has 6 nitrogen and oxygen atoms in total. The van der Waals surface area contributed by atoms with E-state index in [9.17, 15) is 14.7 Å². The minimum absolute atomic E-state index is 0.534. The molecule has 7 heteroatoms. The number of aliphatic hydroxyl groups excluding tert-OH is 1. The Morgan fingerprint density at radius 3 is 2.71 bits per heavy atom. The zero-order valence-corrected chi connectivity index (χ0v) is 12.0.